The van der Waals surface area contributed by atoms with Crippen molar-refractivity contribution in [2.24, 2.45) is 0 Å². The number of nitro groups is 1. The minimum absolute atomic E-state index is 0.0972. The SMILES string of the molecule is O=C(Cn1cc(Br)c([N+](=O)[O-])n1)Nc1cccc(CN2CCSCC2)c1. The molecule has 0 spiro atoms. The van der Waals surface area contributed by atoms with E-state index in [9.17, 15) is 14.9 Å². The summed E-state index contributed by atoms with van der Waals surface area (Å²) in [5, 5.41) is 17.4. The van der Waals surface area contributed by atoms with Crippen molar-refractivity contribution in [3.63, 3.8) is 0 Å². The Morgan fingerprint density at radius 3 is 2.85 bits per heavy atom. The Bertz CT molecular complexity index is 807. The Balaban J connectivity index is 1.59. The van der Waals surface area contributed by atoms with Crippen LogP contribution in [0.15, 0.2) is 34.9 Å². The molecule has 0 saturated carbocycles. The maximum atomic E-state index is 12.2. The number of hydrogen-bond acceptors (Lipinski definition) is 6. The van der Waals surface area contributed by atoms with Crippen molar-refractivity contribution < 1.29 is 9.72 Å². The molecule has 1 aliphatic rings. The molecule has 1 aromatic heterocycles. The fourth-order valence-corrected chi connectivity index (χ4v) is 4.14. The lowest BCUT2D eigenvalue weighted by atomic mass is 10.2. The van der Waals surface area contributed by atoms with Crippen LogP contribution < -0.4 is 5.32 Å². The molecule has 1 aliphatic heterocycles. The van der Waals surface area contributed by atoms with Crippen LogP contribution in [0.3, 0.4) is 0 Å². The highest BCUT2D eigenvalue weighted by atomic mass is 79.9. The van der Waals surface area contributed by atoms with Gasteiger partial charge in [-0.15, -0.1) is 0 Å². The lowest BCUT2D eigenvalue weighted by Gasteiger charge is -2.26. The van der Waals surface area contributed by atoms with Crippen LogP contribution >= 0.6 is 27.7 Å². The quantitative estimate of drug-likeness (QED) is 0.549. The third kappa shape index (κ3) is 5.05. The second-order valence-corrected chi connectivity index (χ2v) is 7.97. The molecule has 1 amide bonds. The molecule has 1 aromatic carbocycles. The first-order chi connectivity index (χ1) is 12.5. The van der Waals surface area contributed by atoms with E-state index in [0.717, 1.165) is 36.7 Å². The average molecular weight is 440 g/mol. The van der Waals surface area contributed by atoms with E-state index >= 15 is 0 Å². The summed E-state index contributed by atoms with van der Waals surface area (Å²) in [7, 11) is 0. The van der Waals surface area contributed by atoms with E-state index in [4.69, 9.17) is 0 Å². The van der Waals surface area contributed by atoms with E-state index in [1.807, 2.05) is 36.0 Å². The lowest BCUT2D eigenvalue weighted by molar-refractivity contribution is -0.390. The van der Waals surface area contributed by atoms with Gasteiger partial charge in [0.25, 0.3) is 0 Å². The molecule has 0 aliphatic carbocycles. The number of nitrogens with one attached hydrogen (secondary N) is 1. The molecule has 3 rings (SSSR count). The minimum Gasteiger partial charge on any atom is -0.358 e. The van der Waals surface area contributed by atoms with Gasteiger partial charge in [0.1, 0.15) is 11.0 Å². The van der Waals surface area contributed by atoms with Gasteiger partial charge in [0, 0.05) is 36.8 Å². The Morgan fingerprint density at radius 2 is 2.15 bits per heavy atom. The van der Waals surface area contributed by atoms with Crippen LogP contribution in [0.5, 0.6) is 0 Å². The smallest absolute Gasteiger partial charge is 0.358 e. The largest absolute Gasteiger partial charge is 0.404 e. The number of halogens is 1. The molecule has 2 heterocycles. The van der Waals surface area contributed by atoms with Gasteiger partial charge >= 0.3 is 5.82 Å². The second-order valence-electron chi connectivity index (χ2n) is 5.89. The molecule has 10 heteroatoms. The molecule has 1 saturated heterocycles. The standard InChI is InChI=1S/C16H18BrN5O3S/c17-14-10-21(19-16(14)22(24)25)11-15(23)18-13-3-1-2-12(8-13)9-20-4-6-26-7-5-20/h1-3,8,10H,4-7,9,11H2,(H,18,23). The van der Waals surface area contributed by atoms with Gasteiger partial charge in [-0.25, -0.2) is 0 Å². The van der Waals surface area contributed by atoms with Gasteiger partial charge in [-0.3, -0.25) is 9.69 Å². The van der Waals surface area contributed by atoms with Crippen molar-refractivity contribution >= 4 is 45.1 Å². The Kier molecular flexibility index (Phi) is 6.28. The summed E-state index contributed by atoms with van der Waals surface area (Å²) < 4.78 is 1.49. The van der Waals surface area contributed by atoms with Crippen molar-refractivity contribution in [3.8, 4) is 0 Å². The van der Waals surface area contributed by atoms with E-state index < -0.39 is 4.92 Å². The maximum Gasteiger partial charge on any atom is 0.404 e. The van der Waals surface area contributed by atoms with Gasteiger partial charge in [0.15, 0.2) is 0 Å². The van der Waals surface area contributed by atoms with Gasteiger partial charge in [-0.1, -0.05) is 12.1 Å². The Labute approximate surface area is 163 Å². The number of carbonyl (C=O) groups excluding carboxylic acids is 1. The third-order valence-electron chi connectivity index (χ3n) is 3.90. The van der Waals surface area contributed by atoms with Gasteiger partial charge in [0.2, 0.25) is 5.91 Å². The minimum atomic E-state index is -0.596. The molecular weight excluding hydrogens is 422 g/mol. The molecule has 8 nitrogen and oxygen atoms in total. The summed E-state index contributed by atoms with van der Waals surface area (Å²) in [6.45, 7) is 2.92. The predicted octanol–water partition coefficient (Wildman–Crippen LogP) is 2.74. The zero-order valence-corrected chi connectivity index (χ0v) is 16.3. The molecule has 1 fully saturated rings. The molecule has 0 atom stereocenters. The predicted molar refractivity (Wildman–Crippen MR) is 104 cm³/mol. The summed E-state index contributed by atoms with van der Waals surface area (Å²) in [5.41, 5.74) is 1.85. The number of rotatable bonds is 6. The molecule has 2 aromatic rings. The maximum absolute atomic E-state index is 12.2. The van der Waals surface area contributed by atoms with Crippen LogP contribution in [0.4, 0.5) is 11.5 Å². The van der Waals surface area contributed by atoms with Crippen LogP contribution in [0.25, 0.3) is 0 Å². The van der Waals surface area contributed by atoms with Gasteiger partial charge < -0.3 is 15.4 Å². The number of carbonyl (C=O) groups is 1. The molecular formula is C16H18BrN5O3S. The summed E-state index contributed by atoms with van der Waals surface area (Å²) in [6.07, 6.45) is 1.42. The zero-order valence-electron chi connectivity index (χ0n) is 13.9. The van der Waals surface area contributed by atoms with Crippen LogP contribution in [-0.2, 0) is 17.9 Å². The molecule has 0 bridgehead atoms. The average Bonchev–Trinajstić information content (AvgIpc) is 2.96. The van der Waals surface area contributed by atoms with Crippen molar-refractivity contribution in [1.82, 2.24) is 14.7 Å². The first-order valence-electron chi connectivity index (χ1n) is 8.07. The normalized spacial score (nSPS) is 15.0. The highest BCUT2D eigenvalue weighted by Gasteiger charge is 2.20. The monoisotopic (exact) mass is 439 g/mol. The van der Waals surface area contributed by atoms with E-state index in [0.29, 0.717) is 5.69 Å². The van der Waals surface area contributed by atoms with Crippen molar-refractivity contribution in [2.75, 3.05) is 29.9 Å². The number of aromatic nitrogens is 2. The fourth-order valence-electron chi connectivity index (χ4n) is 2.70. The zero-order chi connectivity index (χ0) is 18.5. The summed E-state index contributed by atoms with van der Waals surface area (Å²) >= 11 is 5.04. The van der Waals surface area contributed by atoms with Crippen LogP contribution in [0.2, 0.25) is 0 Å². The second kappa shape index (κ2) is 8.65. The van der Waals surface area contributed by atoms with Gasteiger partial charge in [-0.05, 0) is 38.5 Å². The number of hydrogen-bond donors (Lipinski definition) is 1. The molecule has 138 valence electrons. The first kappa shape index (κ1) is 18.9. The number of nitrogens with zero attached hydrogens (tertiary/aromatic N) is 4. The van der Waals surface area contributed by atoms with Gasteiger partial charge in [-0.2, -0.15) is 16.4 Å². The highest BCUT2D eigenvalue weighted by Crippen LogP contribution is 2.22. The molecule has 1 N–H and O–H groups in total. The summed E-state index contributed by atoms with van der Waals surface area (Å²) in [4.78, 5) is 24.8. The van der Waals surface area contributed by atoms with Crippen LogP contribution in [0, 0.1) is 10.1 Å². The van der Waals surface area contributed by atoms with Crippen LogP contribution in [-0.4, -0.2) is 50.1 Å². The van der Waals surface area contributed by atoms with Crippen molar-refractivity contribution in [2.45, 2.75) is 13.1 Å². The number of thioether (sulfide) groups is 1. The number of anilines is 1. The van der Waals surface area contributed by atoms with Crippen molar-refractivity contribution in [1.29, 1.82) is 0 Å². The topological polar surface area (TPSA) is 93.3 Å². The van der Waals surface area contributed by atoms with E-state index in [1.54, 1.807) is 0 Å². The lowest BCUT2D eigenvalue weighted by Crippen LogP contribution is -2.31. The molecule has 26 heavy (non-hydrogen) atoms. The first-order valence-corrected chi connectivity index (χ1v) is 10.0. The van der Waals surface area contributed by atoms with Crippen LogP contribution in [0.1, 0.15) is 5.56 Å². The Morgan fingerprint density at radius 1 is 1.38 bits per heavy atom. The molecule has 0 unspecified atom stereocenters. The summed E-state index contributed by atoms with van der Waals surface area (Å²) in [6, 6.07) is 7.75. The Hall–Kier alpha value is -1.91. The van der Waals surface area contributed by atoms with Gasteiger partial charge in [0.05, 0.1) is 11.3 Å². The van der Waals surface area contributed by atoms with E-state index in [-0.39, 0.29) is 22.7 Å². The number of benzene rings is 1. The summed E-state index contributed by atoms with van der Waals surface area (Å²) in [5.74, 6) is 1.71. The van der Waals surface area contributed by atoms with E-state index in [2.05, 4.69) is 31.2 Å². The molecule has 0 radical (unpaired) electrons. The fraction of sp³-hybridized carbons (Fsp3) is 0.375. The highest BCUT2D eigenvalue weighted by molar-refractivity contribution is 9.10. The van der Waals surface area contributed by atoms with E-state index in [1.165, 1.54) is 10.9 Å². The third-order valence-corrected chi connectivity index (χ3v) is 5.40. The van der Waals surface area contributed by atoms with Crippen molar-refractivity contribution in [3.05, 3.63) is 50.6 Å². The number of amides is 1.